The Kier molecular flexibility index (Phi) is 5.90. The van der Waals surface area contributed by atoms with Crippen LogP contribution in [0.4, 0.5) is 5.69 Å². The molecule has 0 unspecified atom stereocenters. The summed E-state index contributed by atoms with van der Waals surface area (Å²) in [4.78, 5) is 3.62. The summed E-state index contributed by atoms with van der Waals surface area (Å²) in [5.41, 5.74) is 2.55. The van der Waals surface area contributed by atoms with Crippen LogP contribution in [0, 0.1) is 0 Å². The monoisotopic (exact) mass is 425 g/mol. The Morgan fingerprint density at radius 3 is 2.71 bits per heavy atom. The van der Waals surface area contributed by atoms with Gasteiger partial charge in [0.2, 0.25) is 5.52 Å². The van der Waals surface area contributed by atoms with Crippen LogP contribution in [-0.4, -0.2) is 6.54 Å². The molecule has 2 nitrogen and oxygen atoms in total. The lowest BCUT2D eigenvalue weighted by atomic mass is 10.3. The van der Waals surface area contributed by atoms with Crippen LogP contribution in [0.2, 0.25) is 0 Å². The number of fused-ring (bicyclic) bond motifs is 2. The van der Waals surface area contributed by atoms with Gasteiger partial charge < -0.3 is 4.90 Å². The smallest absolute Gasteiger partial charge is 0.262 e. The predicted molar refractivity (Wildman–Crippen MR) is 124 cm³/mol. The van der Waals surface area contributed by atoms with Crippen LogP contribution in [0.5, 0.6) is 0 Å². The Balaban J connectivity index is 1.57. The summed E-state index contributed by atoms with van der Waals surface area (Å²) >= 11 is 10.1. The Labute approximate surface area is 179 Å². The molecule has 0 saturated carbocycles. The first-order valence-corrected chi connectivity index (χ1v) is 11.4. The first kappa shape index (κ1) is 19.3. The number of anilines is 1. The molecule has 1 aliphatic heterocycles. The van der Waals surface area contributed by atoms with Crippen LogP contribution in [-0.2, 0) is 6.54 Å². The molecule has 0 spiro atoms. The standard InChI is InChI=1S/C23H22ClN2S2/c1-3-25-18-9-5-7-11-20(18)27-22(25)15-13-17(24)14-16-23-26(4-2)19-10-6-8-12-21(19)28-23/h5-16H,3-4H2,1-2H3/q+1. The van der Waals surface area contributed by atoms with E-state index < -0.39 is 0 Å². The number of thioether (sulfide) groups is 1. The largest absolute Gasteiger partial charge is 0.335 e. The molecule has 0 amide bonds. The van der Waals surface area contributed by atoms with E-state index in [-0.39, 0.29) is 0 Å². The van der Waals surface area contributed by atoms with Gasteiger partial charge in [0.15, 0.2) is 0 Å². The molecule has 1 aliphatic rings. The number of hydrogen-bond donors (Lipinski definition) is 0. The molecular weight excluding hydrogens is 404 g/mol. The highest BCUT2D eigenvalue weighted by molar-refractivity contribution is 8.03. The van der Waals surface area contributed by atoms with Crippen LogP contribution in [0.3, 0.4) is 0 Å². The molecule has 0 fully saturated rings. The lowest BCUT2D eigenvalue weighted by Crippen LogP contribution is -2.33. The Hall–Kier alpha value is -2.01. The quantitative estimate of drug-likeness (QED) is 0.327. The number of allylic oxidation sites excluding steroid dienone is 4. The zero-order valence-corrected chi connectivity index (χ0v) is 18.3. The zero-order valence-electron chi connectivity index (χ0n) is 15.9. The highest BCUT2D eigenvalue weighted by atomic mass is 35.5. The molecule has 0 bridgehead atoms. The summed E-state index contributed by atoms with van der Waals surface area (Å²) in [6.45, 7) is 6.23. The van der Waals surface area contributed by atoms with E-state index in [1.807, 2.05) is 12.2 Å². The van der Waals surface area contributed by atoms with Gasteiger partial charge in [0, 0.05) is 28.6 Å². The van der Waals surface area contributed by atoms with E-state index in [0.29, 0.717) is 0 Å². The second kappa shape index (κ2) is 8.56. The van der Waals surface area contributed by atoms with E-state index in [1.54, 1.807) is 23.1 Å². The van der Waals surface area contributed by atoms with E-state index >= 15 is 0 Å². The first-order valence-electron chi connectivity index (χ1n) is 9.42. The van der Waals surface area contributed by atoms with Crippen molar-refractivity contribution >= 4 is 56.7 Å². The predicted octanol–water partition coefficient (Wildman–Crippen LogP) is 6.82. The summed E-state index contributed by atoms with van der Waals surface area (Å²) in [6, 6.07) is 17.0. The molecule has 0 radical (unpaired) electrons. The maximum atomic E-state index is 6.50. The fourth-order valence-corrected chi connectivity index (χ4v) is 5.75. The van der Waals surface area contributed by atoms with E-state index in [0.717, 1.165) is 18.1 Å². The van der Waals surface area contributed by atoms with Crippen LogP contribution in [0.25, 0.3) is 16.3 Å². The molecule has 142 valence electrons. The van der Waals surface area contributed by atoms with Crippen molar-refractivity contribution in [1.29, 1.82) is 0 Å². The molecular formula is C23H22ClN2S2+. The minimum atomic E-state index is 0.722. The lowest BCUT2D eigenvalue weighted by molar-refractivity contribution is -0.665. The van der Waals surface area contributed by atoms with Crippen molar-refractivity contribution < 1.29 is 4.57 Å². The molecule has 0 atom stereocenters. The SMILES string of the molecule is CCN1C(=CC=C(Cl)C=Cc2sc3ccccc3[n+]2CC)Sc2ccccc21. The minimum Gasteiger partial charge on any atom is -0.335 e. The van der Waals surface area contributed by atoms with Gasteiger partial charge in [0.05, 0.1) is 10.7 Å². The molecule has 1 aromatic heterocycles. The summed E-state index contributed by atoms with van der Waals surface area (Å²) in [5, 5.41) is 3.14. The van der Waals surface area contributed by atoms with E-state index in [2.05, 4.69) is 84.0 Å². The van der Waals surface area contributed by atoms with Crippen molar-refractivity contribution in [1.82, 2.24) is 0 Å². The number of thiazole rings is 1. The number of hydrogen-bond acceptors (Lipinski definition) is 3. The molecule has 0 aliphatic carbocycles. The third-order valence-corrected chi connectivity index (χ3v) is 7.19. The average Bonchev–Trinajstić information content (AvgIpc) is 3.27. The molecule has 4 rings (SSSR count). The number of nitrogens with zero attached hydrogens (tertiary/aromatic N) is 2. The topological polar surface area (TPSA) is 7.12 Å². The number of para-hydroxylation sites is 2. The van der Waals surface area contributed by atoms with Gasteiger partial charge in [-0.25, -0.2) is 0 Å². The lowest BCUT2D eigenvalue weighted by Gasteiger charge is -2.17. The molecule has 0 saturated heterocycles. The molecule has 2 heterocycles. The number of rotatable bonds is 5. The van der Waals surface area contributed by atoms with Crippen LogP contribution in [0.15, 0.2) is 81.7 Å². The first-order chi connectivity index (χ1) is 13.7. The van der Waals surface area contributed by atoms with Crippen molar-refractivity contribution in [2.45, 2.75) is 25.3 Å². The summed E-state index contributed by atoms with van der Waals surface area (Å²) < 4.78 is 3.62. The molecule has 3 aromatic rings. The molecule has 28 heavy (non-hydrogen) atoms. The highest BCUT2D eigenvalue weighted by Gasteiger charge is 2.22. The summed E-state index contributed by atoms with van der Waals surface area (Å²) in [7, 11) is 0. The number of benzene rings is 2. The van der Waals surface area contributed by atoms with Crippen molar-refractivity contribution in [3.05, 3.63) is 81.8 Å². The van der Waals surface area contributed by atoms with Crippen molar-refractivity contribution in [3.8, 4) is 0 Å². The summed E-state index contributed by atoms with van der Waals surface area (Å²) in [5.74, 6) is 0. The van der Waals surface area contributed by atoms with Crippen molar-refractivity contribution in [3.63, 3.8) is 0 Å². The summed E-state index contributed by atoms with van der Waals surface area (Å²) in [6.07, 6.45) is 8.19. The van der Waals surface area contributed by atoms with Gasteiger partial charge in [-0.2, -0.15) is 4.57 Å². The normalized spacial score (nSPS) is 15.9. The van der Waals surface area contributed by atoms with Crippen molar-refractivity contribution in [2.24, 2.45) is 0 Å². The van der Waals surface area contributed by atoms with Crippen LogP contribution in [0.1, 0.15) is 18.9 Å². The molecule has 0 N–H and O–H groups in total. The van der Waals surface area contributed by atoms with Crippen LogP contribution >= 0.6 is 34.7 Å². The maximum absolute atomic E-state index is 6.50. The number of halogens is 1. The van der Waals surface area contributed by atoms with Gasteiger partial charge in [0.25, 0.3) is 5.01 Å². The second-order valence-corrected chi connectivity index (χ2v) is 8.92. The van der Waals surface area contributed by atoms with Gasteiger partial charge in [-0.3, -0.25) is 0 Å². The third-order valence-electron chi connectivity index (χ3n) is 4.68. The van der Waals surface area contributed by atoms with E-state index in [9.17, 15) is 0 Å². The number of aromatic nitrogens is 1. The zero-order chi connectivity index (χ0) is 19.5. The molecule has 5 heteroatoms. The van der Waals surface area contributed by atoms with Gasteiger partial charge in [-0.05, 0) is 50.3 Å². The number of aryl methyl sites for hydroxylation is 1. The van der Waals surface area contributed by atoms with Gasteiger partial charge in [-0.1, -0.05) is 59.0 Å². The Bertz CT molecular complexity index is 1090. The fraction of sp³-hybridized carbons (Fsp3) is 0.174. The minimum absolute atomic E-state index is 0.722. The molecule has 2 aromatic carbocycles. The average molecular weight is 426 g/mol. The maximum Gasteiger partial charge on any atom is 0.262 e. The van der Waals surface area contributed by atoms with E-state index in [1.165, 1.54) is 30.8 Å². The highest BCUT2D eigenvalue weighted by Crippen LogP contribution is 2.45. The van der Waals surface area contributed by atoms with Gasteiger partial charge in [0.1, 0.15) is 11.2 Å². The third kappa shape index (κ3) is 3.77. The van der Waals surface area contributed by atoms with Gasteiger partial charge >= 0.3 is 0 Å². The Morgan fingerprint density at radius 1 is 1.11 bits per heavy atom. The van der Waals surface area contributed by atoms with E-state index in [4.69, 9.17) is 11.6 Å². The van der Waals surface area contributed by atoms with Crippen molar-refractivity contribution in [2.75, 3.05) is 11.4 Å². The fourth-order valence-electron chi connectivity index (χ4n) is 3.36. The van der Waals surface area contributed by atoms with Crippen LogP contribution < -0.4 is 9.47 Å². The Morgan fingerprint density at radius 2 is 1.89 bits per heavy atom. The van der Waals surface area contributed by atoms with Gasteiger partial charge in [-0.15, -0.1) is 0 Å². The second-order valence-electron chi connectivity index (χ2n) is 6.36.